The van der Waals surface area contributed by atoms with Gasteiger partial charge in [0.05, 0.1) is 30.7 Å². The van der Waals surface area contributed by atoms with Crippen molar-refractivity contribution in [3.05, 3.63) is 35.8 Å². The number of carbonyl (C=O) groups is 1. The number of nitrogens with zero attached hydrogens (tertiary/aromatic N) is 5. The molecular formula is C19H21N5O3Si. The van der Waals surface area contributed by atoms with Crippen LogP contribution in [0.25, 0.3) is 11.0 Å². The summed E-state index contributed by atoms with van der Waals surface area (Å²) >= 11 is 0. The number of fused-ring (bicyclic) bond motifs is 1. The number of amides is 1. The lowest BCUT2D eigenvalue weighted by Crippen LogP contribution is -2.26. The topological polar surface area (TPSA) is 86.3 Å². The molecule has 0 aliphatic carbocycles. The third-order valence-electron chi connectivity index (χ3n) is 4.32. The van der Waals surface area contributed by atoms with E-state index in [0.29, 0.717) is 24.4 Å². The molecule has 0 N–H and O–H groups in total. The van der Waals surface area contributed by atoms with Crippen LogP contribution in [0, 0.1) is 18.4 Å². The van der Waals surface area contributed by atoms with Gasteiger partial charge in [-0.25, -0.2) is 9.48 Å². The zero-order valence-corrected chi connectivity index (χ0v) is 17.3. The van der Waals surface area contributed by atoms with Crippen LogP contribution in [-0.2, 0) is 11.3 Å². The molecule has 0 saturated carbocycles. The molecule has 4 rings (SSSR count). The zero-order valence-electron chi connectivity index (χ0n) is 16.3. The van der Waals surface area contributed by atoms with Gasteiger partial charge in [0.2, 0.25) is 0 Å². The van der Waals surface area contributed by atoms with Gasteiger partial charge in [0.1, 0.15) is 14.2 Å². The fourth-order valence-electron chi connectivity index (χ4n) is 2.95. The summed E-state index contributed by atoms with van der Waals surface area (Å²) in [4.78, 5) is 13.9. The van der Waals surface area contributed by atoms with Crippen molar-refractivity contribution in [2.24, 2.45) is 0 Å². The Morgan fingerprint density at radius 2 is 2.14 bits per heavy atom. The molecule has 0 spiro atoms. The van der Waals surface area contributed by atoms with Crippen molar-refractivity contribution in [1.82, 2.24) is 20.2 Å². The Balaban J connectivity index is 1.46. The number of benzene rings is 1. The van der Waals surface area contributed by atoms with Crippen molar-refractivity contribution in [2.45, 2.75) is 39.2 Å². The number of ether oxygens (including phenoxy) is 1. The first-order valence-electron chi connectivity index (χ1n) is 9.06. The molecule has 1 aliphatic heterocycles. The number of carbonyl (C=O) groups excluding carboxylic acids is 1. The number of cyclic esters (lactones) is 1. The van der Waals surface area contributed by atoms with Gasteiger partial charge in [-0.3, -0.25) is 4.90 Å². The minimum atomic E-state index is -1.47. The molecule has 0 bridgehead atoms. The summed E-state index contributed by atoms with van der Waals surface area (Å²) < 4.78 is 12.5. The third-order valence-corrected chi connectivity index (χ3v) is 5.19. The number of hydrogen-bond acceptors (Lipinski definition) is 6. The first-order chi connectivity index (χ1) is 13.3. The molecule has 9 heteroatoms. The zero-order chi connectivity index (χ0) is 19.9. The van der Waals surface area contributed by atoms with Gasteiger partial charge in [-0.1, -0.05) is 35.9 Å². The molecule has 1 aliphatic rings. The maximum Gasteiger partial charge on any atom is 0.414 e. The highest BCUT2D eigenvalue weighted by Crippen LogP contribution is 2.27. The number of aryl methyl sites for hydroxylation is 1. The van der Waals surface area contributed by atoms with Gasteiger partial charge in [-0.15, -0.1) is 10.6 Å². The summed E-state index contributed by atoms with van der Waals surface area (Å²) in [6.45, 7) is 9.25. The maximum atomic E-state index is 12.3. The minimum absolute atomic E-state index is 0.320. The molecule has 3 aromatic rings. The van der Waals surface area contributed by atoms with Gasteiger partial charge in [0, 0.05) is 11.5 Å². The number of rotatable bonds is 3. The van der Waals surface area contributed by atoms with E-state index < -0.39 is 8.07 Å². The lowest BCUT2D eigenvalue weighted by atomic mass is 10.2. The van der Waals surface area contributed by atoms with Gasteiger partial charge >= 0.3 is 6.09 Å². The van der Waals surface area contributed by atoms with Crippen molar-refractivity contribution in [2.75, 3.05) is 11.4 Å². The van der Waals surface area contributed by atoms with Crippen molar-refractivity contribution in [3.8, 4) is 11.5 Å². The van der Waals surface area contributed by atoms with Crippen LogP contribution in [0.2, 0.25) is 19.6 Å². The Bertz CT molecular complexity index is 1100. The van der Waals surface area contributed by atoms with E-state index in [4.69, 9.17) is 9.26 Å². The van der Waals surface area contributed by atoms with Crippen LogP contribution in [0.15, 0.2) is 28.9 Å². The Hall–Kier alpha value is -3.12. The molecule has 1 fully saturated rings. The summed E-state index contributed by atoms with van der Waals surface area (Å²) in [5.41, 5.74) is 6.08. The van der Waals surface area contributed by atoms with Crippen molar-refractivity contribution in [3.63, 3.8) is 0 Å². The molecular weight excluding hydrogens is 374 g/mol. The van der Waals surface area contributed by atoms with Gasteiger partial charge in [-0.05, 0) is 19.1 Å². The summed E-state index contributed by atoms with van der Waals surface area (Å²) in [5.74, 6) is 3.08. The highest BCUT2D eigenvalue weighted by atomic mass is 28.3. The predicted octanol–water partition coefficient (Wildman–Crippen LogP) is 2.98. The van der Waals surface area contributed by atoms with Crippen LogP contribution in [0.5, 0.6) is 0 Å². The van der Waals surface area contributed by atoms with Crippen LogP contribution in [0.1, 0.15) is 11.4 Å². The second-order valence-electron chi connectivity index (χ2n) is 7.89. The molecule has 1 atom stereocenters. The molecule has 28 heavy (non-hydrogen) atoms. The maximum absolute atomic E-state index is 12.3. The number of aromatic nitrogens is 4. The van der Waals surface area contributed by atoms with E-state index in [9.17, 15) is 4.79 Å². The average molecular weight is 395 g/mol. The summed E-state index contributed by atoms with van der Waals surface area (Å²) in [6.07, 6.45) is 1.08. The summed E-state index contributed by atoms with van der Waals surface area (Å²) in [5, 5.41) is 13.1. The second-order valence-corrected chi connectivity index (χ2v) is 12.6. The molecule has 1 amide bonds. The number of hydrogen-bond donors (Lipinski definition) is 0. The van der Waals surface area contributed by atoms with E-state index in [1.165, 1.54) is 0 Å². The van der Waals surface area contributed by atoms with Crippen molar-refractivity contribution < 1.29 is 14.1 Å². The smallest absolute Gasteiger partial charge is 0.414 e. The van der Waals surface area contributed by atoms with Crippen molar-refractivity contribution >= 4 is 30.8 Å². The molecule has 0 unspecified atom stereocenters. The number of anilines is 1. The van der Waals surface area contributed by atoms with Crippen LogP contribution in [0.4, 0.5) is 10.5 Å². The fourth-order valence-corrected chi connectivity index (χ4v) is 3.46. The van der Waals surface area contributed by atoms with Crippen LogP contribution in [0.3, 0.4) is 0 Å². The highest BCUT2D eigenvalue weighted by molar-refractivity contribution is 6.83. The van der Waals surface area contributed by atoms with E-state index in [1.807, 2.05) is 19.1 Å². The second kappa shape index (κ2) is 6.80. The van der Waals surface area contributed by atoms with Crippen LogP contribution < -0.4 is 4.90 Å². The van der Waals surface area contributed by atoms with E-state index in [1.54, 1.807) is 21.8 Å². The van der Waals surface area contributed by atoms with Gasteiger partial charge in [0.15, 0.2) is 11.3 Å². The summed E-state index contributed by atoms with van der Waals surface area (Å²) in [6, 6.07) is 5.58. The van der Waals surface area contributed by atoms with Crippen LogP contribution in [-0.4, -0.2) is 47.0 Å². The molecule has 8 nitrogen and oxygen atoms in total. The monoisotopic (exact) mass is 395 g/mol. The largest absolute Gasteiger partial charge is 0.442 e. The lowest BCUT2D eigenvalue weighted by Gasteiger charge is -2.12. The van der Waals surface area contributed by atoms with E-state index in [-0.39, 0.29) is 12.2 Å². The van der Waals surface area contributed by atoms with E-state index >= 15 is 0 Å². The molecule has 1 aromatic carbocycles. The van der Waals surface area contributed by atoms with E-state index in [2.05, 4.69) is 46.6 Å². The molecule has 2 aromatic heterocycles. The van der Waals surface area contributed by atoms with Crippen LogP contribution >= 0.6 is 0 Å². The van der Waals surface area contributed by atoms with Gasteiger partial charge in [0.25, 0.3) is 0 Å². The molecule has 1 saturated heterocycles. The van der Waals surface area contributed by atoms with Gasteiger partial charge in [-0.2, -0.15) is 0 Å². The Kier molecular flexibility index (Phi) is 4.43. The predicted molar refractivity (Wildman–Crippen MR) is 107 cm³/mol. The minimum Gasteiger partial charge on any atom is -0.442 e. The quantitative estimate of drug-likeness (QED) is 0.501. The Labute approximate surface area is 163 Å². The fraction of sp³-hybridized carbons (Fsp3) is 0.368. The van der Waals surface area contributed by atoms with Crippen molar-refractivity contribution in [1.29, 1.82) is 0 Å². The Morgan fingerprint density at radius 3 is 2.93 bits per heavy atom. The molecule has 0 radical (unpaired) electrons. The van der Waals surface area contributed by atoms with Gasteiger partial charge < -0.3 is 9.26 Å². The highest BCUT2D eigenvalue weighted by Gasteiger charge is 2.33. The Morgan fingerprint density at radius 1 is 1.32 bits per heavy atom. The third kappa shape index (κ3) is 3.77. The lowest BCUT2D eigenvalue weighted by molar-refractivity contribution is 0.129. The normalized spacial score (nSPS) is 16.9. The average Bonchev–Trinajstić information content (AvgIpc) is 3.32. The standard InChI is InChI=1S/C19H21N5O3Si/c1-13-17-6-5-15(9-18(17)27-21-13)24-12-16(26-19(24)25)11-23-10-14(20-22-23)7-8-28(2,3)4/h5-6,9-10,16H,11-12H2,1-4H3/t16-/m0/s1. The summed E-state index contributed by atoms with van der Waals surface area (Å²) in [7, 11) is -1.47. The first-order valence-corrected chi connectivity index (χ1v) is 12.6. The first kappa shape index (κ1) is 18.2. The SMILES string of the molecule is Cc1noc2cc(N3C[C@H](Cn4cc(C#C[Si](C)(C)C)nn4)OC3=O)ccc12. The molecule has 3 heterocycles. The van der Waals surface area contributed by atoms with E-state index in [0.717, 1.165) is 16.8 Å². The molecule has 144 valence electrons.